The van der Waals surface area contributed by atoms with Crippen LogP contribution >= 0.6 is 0 Å². The zero-order valence-corrected chi connectivity index (χ0v) is 12.4. The summed E-state index contributed by atoms with van der Waals surface area (Å²) in [4.78, 5) is 22.8. The summed E-state index contributed by atoms with van der Waals surface area (Å²) in [7, 11) is 0. The average Bonchev–Trinajstić information content (AvgIpc) is 2.55. The zero-order valence-electron chi connectivity index (χ0n) is 12.4. The highest BCUT2D eigenvalue weighted by atomic mass is 16.2. The molecular formula is C17H14N4O2. The lowest BCUT2D eigenvalue weighted by Gasteiger charge is -2.03. The molecule has 2 N–H and O–H groups in total. The number of carbonyl (C=O) groups excluding carboxylic acids is 2. The van der Waals surface area contributed by atoms with Gasteiger partial charge < -0.3 is 5.32 Å². The highest BCUT2D eigenvalue weighted by Gasteiger charge is 2.04. The number of carbonyl (C=O) groups is 2. The normalized spacial score (nSPS) is 10.1. The molecule has 6 heteroatoms. The second kappa shape index (κ2) is 7.52. The van der Waals surface area contributed by atoms with Crippen molar-refractivity contribution in [3.63, 3.8) is 0 Å². The van der Waals surface area contributed by atoms with Crippen molar-refractivity contribution in [1.29, 1.82) is 5.26 Å². The van der Waals surface area contributed by atoms with Crippen LogP contribution in [0, 0.1) is 11.3 Å². The Morgan fingerprint density at radius 2 is 1.74 bits per heavy atom. The number of hydrogen-bond acceptors (Lipinski definition) is 4. The largest absolute Gasteiger partial charge is 0.326 e. The molecule has 0 aromatic heterocycles. The van der Waals surface area contributed by atoms with Gasteiger partial charge in [0.25, 0.3) is 5.91 Å². The molecule has 23 heavy (non-hydrogen) atoms. The van der Waals surface area contributed by atoms with Gasteiger partial charge in [-0.05, 0) is 42.0 Å². The fraction of sp³-hybridized carbons (Fsp3) is 0.0588. The predicted octanol–water partition coefficient (Wildman–Crippen LogP) is 2.28. The van der Waals surface area contributed by atoms with E-state index in [4.69, 9.17) is 5.26 Å². The first-order valence-corrected chi connectivity index (χ1v) is 6.80. The molecule has 2 aromatic carbocycles. The third-order valence-electron chi connectivity index (χ3n) is 2.89. The first kappa shape index (κ1) is 15.9. The molecule has 0 aliphatic carbocycles. The first-order chi connectivity index (χ1) is 11.1. The molecule has 0 bridgehead atoms. The molecule has 0 aliphatic rings. The number of hydrazone groups is 1. The van der Waals surface area contributed by atoms with Crippen molar-refractivity contribution < 1.29 is 9.59 Å². The smallest absolute Gasteiger partial charge is 0.271 e. The Bertz CT molecular complexity index is 772. The number of anilines is 1. The molecule has 6 nitrogen and oxygen atoms in total. The first-order valence-electron chi connectivity index (χ1n) is 6.80. The van der Waals surface area contributed by atoms with Gasteiger partial charge in [0.1, 0.15) is 0 Å². The number of benzene rings is 2. The van der Waals surface area contributed by atoms with E-state index in [0.717, 1.165) is 5.56 Å². The van der Waals surface area contributed by atoms with Crippen molar-refractivity contribution in [2.75, 3.05) is 5.32 Å². The molecular weight excluding hydrogens is 292 g/mol. The van der Waals surface area contributed by atoms with Crippen LogP contribution < -0.4 is 10.7 Å². The molecule has 114 valence electrons. The monoisotopic (exact) mass is 306 g/mol. The molecule has 0 radical (unpaired) electrons. The fourth-order valence-corrected chi connectivity index (χ4v) is 1.78. The molecule has 0 heterocycles. The maximum absolute atomic E-state index is 11.9. The Balaban J connectivity index is 1.94. The van der Waals surface area contributed by atoms with Crippen LogP contribution in [0.4, 0.5) is 5.69 Å². The van der Waals surface area contributed by atoms with Crippen LogP contribution in [0.15, 0.2) is 53.6 Å². The molecule has 2 aromatic rings. The standard InChI is InChI=1S/C17H14N4O2/c1-12(22)20-16-8-6-15(7-9-16)17(23)21-19-11-14-4-2-13(10-18)3-5-14/h2-9,11H,1H3,(H,20,22)(H,21,23). The number of hydrogen-bond donors (Lipinski definition) is 2. The SMILES string of the molecule is CC(=O)Nc1ccc(C(=O)NN=Cc2ccc(C#N)cc2)cc1. The average molecular weight is 306 g/mol. The highest BCUT2D eigenvalue weighted by Crippen LogP contribution is 2.09. The summed E-state index contributed by atoms with van der Waals surface area (Å²) in [5.74, 6) is -0.529. The van der Waals surface area contributed by atoms with E-state index in [1.54, 1.807) is 48.5 Å². The summed E-state index contributed by atoms with van der Waals surface area (Å²) in [6.45, 7) is 1.42. The highest BCUT2D eigenvalue weighted by molar-refractivity contribution is 5.96. The van der Waals surface area contributed by atoms with Crippen LogP contribution in [-0.2, 0) is 4.79 Å². The van der Waals surface area contributed by atoms with Gasteiger partial charge in [0.15, 0.2) is 0 Å². The minimum absolute atomic E-state index is 0.172. The maximum atomic E-state index is 11.9. The topological polar surface area (TPSA) is 94.3 Å². The van der Waals surface area contributed by atoms with Crippen LogP contribution in [0.5, 0.6) is 0 Å². The van der Waals surface area contributed by atoms with Gasteiger partial charge in [-0.2, -0.15) is 10.4 Å². The summed E-state index contributed by atoms with van der Waals surface area (Å²) in [5, 5.41) is 15.2. The van der Waals surface area contributed by atoms with Crippen LogP contribution in [0.1, 0.15) is 28.4 Å². The van der Waals surface area contributed by atoms with Gasteiger partial charge >= 0.3 is 0 Å². The molecule has 0 unspecified atom stereocenters. The summed E-state index contributed by atoms with van der Waals surface area (Å²) >= 11 is 0. The number of nitrogens with zero attached hydrogens (tertiary/aromatic N) is 2. The second-order valence-electron chi connectivity index (χ2n) is 4.69. The van der Waals surface area contributed by atoms with Gasteiger partial charge in [0.2, 0.25) is 5.91 Å². The lowest BCUT2D eigenvalue weighted by atomic mass is 10.2. The van der Waals surface area contributed by atoms with Crippen molar-refractivity contribution in [2.45, 2.75) is 6.92 Å². The third-order valence-corrected chi connectivity index (χ3v) is 2.89. The van der Waals surface area contributed by atoms with Crippen molar-refractivity contribution in [2.24, 2.45) is 5.10 Å². The Morgan fingerprint density at radius 3 is 2.30 bits per heavy atom. The minimum Gasteiger partial charge on any atom is -0.326 e. The van der Waals surface area contributed by atoms with Crippen LogP contribution in [0.3, 0.4) is 0 Å². The molecule has 2 rings (SSSR count). The lowest BCUT2D eigenvalue weighted by molar-refractivity contribution is -0.114. The Kier molecular flexibility index (Phi) is 5.21. The molecule has 0 fully saturated rings. The summed E-state index contributed by atoms with van der Waals surface area (Å²) < 4.78 is 0. The maximum Gasteiger partial charge on any atom is 0.271 e. The molecule has 0 saturated heterocycles. The summed E-state index contributed by atoms with van der Waals surface area (Å²) in [6.07, 6.45) is 1.49. The summed E-state index contributed by atoms with van der Waals surface area (Å²) in [5.41, 5.74) is 4.79. The zero-order chi connectivity index (χ0) is 16.7. The Hall–Kier alpha value is -3.46. The van der Waals surface area contributed by atoms with E-state index in [-0.39, 0.29) is 11.8 Å². The fourth-order valence-electron chi connectivity index (χ4n) is 1.78. The predicted molar refractivity (Wildman–Crippen MR) is 87.0 cm³/mol. The number of nitriles is 1. The van der Waals surface area contributed by atoms with E-state index in [0.29, 0.717) is 16.8 Å². The molecule has 0 aliphatic heterocycles. The molecule has 0 saturated carbocycles. The van der Waals surface area contributed by atoms with Gasteiger partial charge in [0, 0.05) is 18.2 Å². The molecule has 0 atom stereocenters. The van der Waals surface area contributed by atoms with Gasteiger partial charge in [-0.3, -0.25) is 9.59 Å². The summed E-state index contributed by atoms with van der Waals surface area (Å²) in [6, 6.07) is 15.3. The second-order valence-corrected chi connectivity index (χ2v) is 4.69. The number of nitrogens with one attached hydrogen (secondary N) is 2. The van der Waals surface area contributed by atoms with E-state index in [1.807, 2.05) is 6.07 Å². The van der Waals surface area contributed by atoms with Gasteiger partial charge in [0.05, 0.1) is 17.8 Å². The third kappa shape index (κ3) is 4.79. The van der Waals surface area contributed by atoms with E-state index in [2.05, 4.69) is 15.8 Å². The van der Waals surface area contributed by atoms with Crippen molar-refractivity contribution in [3.05, 3.63) is 65.2 Å². The van der Waals surface area contributed by atoms with Crippen LogP contribution in [0.25, 0.3) is 0 Å². The lowest BCUT2D eigenvalue weighted by Crippen LogP contribution is -2.17. The Morgan fingerprint density at radius 1 is 1.09 bits per heavy atom. The van der Waals surface area contributed by atoms with Crippen LogP contribution in [0.2, 0.25) is 0 Å². The molecule has 2 amide bonds. The quantitative estimate of drug-likeness (QED) is 0.670. The van der Waals surface area contributed by atoms with Crippen molar-refractivity contribution in [1.82, 2.24) is 5.43 Å². The van der Waals surface area contributed by atoms with Crippen molar-refractivity contribution >= 4 is 23.7 Å². The van der Waals surface area contributed by atoms with E-state index >= 15 is 0 Å². The van der Waals surface area contributed by atoms with Crippen LogP contribution in [-0.4, -0.2) is 18.0 Å². The van der Waals surface area contributed by atoms with Crippen molar-refractivity contribution in [3.8, 4) is 6.07 Å². The minimum atomic E-state index is -0.357. The van der Waals surface area contributed by atoms with E-state index in [1.165, 1.54) is 13.1 Å². The van der Waals surface area contributed by atoms with E-state index < -0.39 is 0 Å². The van der Waals surface area contributed by atoms with Gasteiger partial charge in [-0.25, -0.2) is 5.43 Å². The number of amides is 2. The van der Waals surface area contributed by atoms with Gasteiger partial charge in [-0.1, -0.05) is 12.1 Å². The number of rotatable bonds is 4. The Labute approximate surface area is 133 Å². The van der Waals surface area contributed by atoms with Gasteiger partial charge in [-0.15, -0.1) is 0 Å². The van der Waals surface area contributed by atoms with E-state index in [9.17, 15) is 9.59 Å². The molecule has 0 spiro atoms.